The fraction of sp³-hybridized carbons (Fsp3) is 0.867. The molecule has 2 N–H and O–H groups in total. The zero-order valence-electron chi connectivity index (χ0n) is 13.2. The summed E-state index contributed by atoms with van der Waals surface area (Å²) in [4.78, 5) is 25.2. The number of nitrogens with zero attached hydrogens (tertiary/aromatic N) is 1. The molecule has 1 aliphatic carbocycles. The van der Waals surface area contributed by atoms with Gasteiger partial charge in [-0.15, -0.1) is 0 Å². The molecule has 21 heavy (non-hydrogen) atoms. The average Bonchev–Trinajstić information content (AvgIpc) is 3.01. The lowest BCUT2D eigenvalue weighted by Gasteiger charge is -2.43. The van der Waals surface area contributed by atoms with E-state index in [-0.39, 0.29) is 12.5 Å². The number of amides is 1. The van der Waals surface area contributed by atoms with Gasteiger partial charge >= 0.3 is 12.1 Å². The van der Waals surface area contributed by atoms with Crippen molar-refractivity contribution in [2.75, 3.05) is 13.1 Å². The summed E-state index contributed by atoms with van der Waals surface area (Å²) in [6.45, 7) is 7.69. The van der Waals surface area contributed by atoms with Gasteiger partial charge < -0.3 is 19.8 Å². The second kappa shape index (κ2) is 4.87. The molecular weight excluding hydrogens is 274 g/mol. The number of hydrogen-bond acceptors (Lipinski definition) is 4. The highest BCUT2D eigenvalue weighted by Crippen LogP contribution is 2.61. The number of carboxylic acid groups (broad SMARTS) is 1. The number of piperidine rings is 1. The Morgan fingerprint density at radius 1 is 1.33 bits per heavy atom. The SMILES string of the molecule is CC1CC1(C(=O)O)C1(O)CCCN(C(=O)OC(C)(C)C)C1. The van der Waals surface area contributed by atoms with Gasteiger partial charge in [-0.2, -0.15) is 0 Å². The minimum atomic E-state index is -1.37. The molecular formula is C15H25NO5. The molecule has 1 heterocycles. The summed E-state index contributed by atoms with van der Waals surface area (Å²) in [5.41, 5.74) is -3.09. The monoisotopic (exact) mass is 299 g/mol. The van der Waals surface area contributed by atoms with Crippen LogP contribution in [-0.2, 0) is 9.53 Å². The first-order valence-electron chi connectivity index (χ1n) is 7.45. The third-order valence-corrected chi connectivity index (χ3v) is 4.64. The maximum absolute atomic E-state index is 12.1. The molecule has 0 aromatic heterocycles. The smallest absolute Gasteiger partial charge is 0.410 e. The quantitative estimate of drug-likeness (QED) is 0.812. The molecule has 3 atom stereocenters. The van der Waals surface area contributed by atoms with E-state index in [9.17, 15) is 19.8 Å². The Kier molecular flexibility index (Phi) is 3.72. The van der Waals surface area contributed by atoms with Crippen LogP contribution in [0.5, 0.6) is 0 Å². The van der Waals surface area contributed by atoms with Crippen molar-refractivity contribution in [1.82, 2.24) is 4.90 Å². The standard InChI is InChI=1S/C15H25NO5/c1-10-8-15(10,11(17)18)14(20)6-5-7-16(9-14)12(19)21-13(2,3)4/h10,20H,5-9H2,1-4H3,(H,17,18). The lowest BCUT2D eigenvalue weighted by atomic mass is 9.76. The molecule has 0 spiro atoms. The van der Waals surface area contributed by atoms with Crippen LogP contribution < -0.4 is 0 Å². The summed E-state index contributed by atoms with van der Waals surface area (Å²) < 4.78 is 5.32. The van der Waals surface area contributed by atoms with Crippen LogP contribution in [-0.4, -0.2) is 51.5 Å². The normalized spacial score (nSPS) is 36.2. The lowest BCUT2D eigenvalue weighted by Crippen LogP contribution is -2.58. The second-order valence-corrected chi connectivity index (χ2v) is 7.42. The minimum Gasteiger partial charge on any atom is -0.481 e. The van der Waals surface area contributed by atoms with Crippen LogP contribution in [0.25, 0.3) is 0 Å². The predicted octanol–water partition coefficient (Wildman–Crippen LogP) is 1.86. The number of ether oxygens (including phenoxy) is 1. The largest absolute Gasteiger partial charge is 0.481 e. The van der Waals surface area contributed by atoms with Crippen LogP contribution in [0, 0.1) is 11.3 Å². The van der Waals surface area contributed by atoms with Crippen molar-refractivity contribution in [3.8, 4) is 0 Å². The van der Waals surface area contributed by atoms with Crippen molar-refractivity contribution in [3.05, 3.63) is 0 Å². The van der Waals surface area contributed by atoms with Gasteiger partial charge in [-0.05, 0) is 46.0 Å². The van der Waals surface area contributed by atoms with E-state index in [4.69, 9.17) is 4.74 Å². The highest BCUT2D eigenvalue weighted by molar-refractivity contribution is 5.81. The van der Waals surface area contributed by atoms with Crippen LogP contribution in [0.4, 0.5) is 4.79 Å². The Bertz CT molecular complexity index is 457. The van der Waals surface area contributed by atoms with Crippen molar-refractivity contribution in [2.45, 2.75) is 58.2 Å². The molecule has 2 aliphatic rings. The molecule has 0 bridgehead atoms. The molecule has 1 saturated carbocycles. The van der Waals surface area contributed by atoms with Gasteiger partial charge in [0.2, 0.25) is 0 Å². The first kappa shape index (κ1) is 16.1. The summed E-state index contributed by atoms with van der Waals surface area (Å²) in [5.74, 6) is -1.04. The van der Waals surface area contributed by atoms with Crippen LogP contribution in [0.1, 0.15) is 47.0 Å². The third-order valence-electron chi connectivity index (χ3n) is 4.64. The number of likely N-dealkylation sites (tertiary alicyclic amines) is 1. The van der Waals surface area contributed by atoms with Gasteiger partial charge in [0.15, 0.2) is 0 Å². The van der Waals surface area contributed by atoms with E-state index < -0.39 is 28.7 Å². The second-order valence-electron chi connectivity index (χ2n) is 7.42. The number of β-amino-alcohol motifs (C(OH)–C–C–N with tert-alkyl or cyclic N) is 1. The number of carbonyl (C=O) groups excluding carboxylic acids is 1. The topological polar surface area (TPSA) is 87.1 Å². The summed E-state index contributed by atoms with van der Waals surface area (Å²) in [6.07, 6.45) is 0.955. The van der Waals surface area contributed by atoms with Crippen LogP contribution in [0.2, 0.25) is 0 Å². The van der Waals surface area contributed by atoms with Gasteiger partial charge in [-0.3, -0.25) is 4.79 Å². The Morgan fingerprint density at radius 2 is 1.90 bits per heavy atom. The first-order valence-corrected chi connectivity index (χ1v) is 7.45. The van der Waals surface area contributed by atoms with Gasteiger partial charge in [-0.25, -0.2) is 4.79 Å². The molecule has 2 fully saturated rings. The van der Waals surface area contributed by atoms with E-state index in [2.05, 4.69) is 0 Å². The third kappa shape index (κ3) is 2.73. The van der Waals surface area contributed by atoms with Crippen molar-refractivity contribution >= 4 is 12.1 Å². The highest BCUT2D eigenvalue weighted by Gasteiger charge is 2.70. The van der Waals surface area contributed by atoms with Crippen LogP contribution in [0.15, 0.2) is 0 Å². The number of aliphatic hydroxyl groups is 1. The van der Waals surface area contributed by atoms with Gasteiger partial charge in [0.05, 0.1) is 12.1 Å². The van der Waals surface area contributed by atoms with Gasteiger partial charge in [0, 0.05) is 6.54 Å². The average molecular weight is 299 g/mol. The fourth-order valence-electron chi connectivity index (χ4n) is 3.45. The molecule has 0 aromatic carbocycles. The number of hydrogen-bond donors (Lipinski definition) is 2. The molecule has 1 amide bonds. The van der Waals surface area contributed by atoms with E-state index in [1.165, 1.54) is 4.90 Å². The molecule has 120 valence electrons. The predicted molar refractivity (Wildman–Crippen MR) is 75.8 cm³/mol. The number of rotatable bonds is 2. The van der Waals surface area contributed by atoms with Crippen molar-refractivity contribution in [2.24, 2.45) is 11.3 Å². The molecule has 0 radical (unpaired) electrons. The van der Waals surface area contributed by atoms with Gasteiger partial charge in [0.1, 0.15) is 11.0 Å². The van der Waals surface area contributed by atoms with E-state index in [1.54, 1.807) is 20.8 Å². The molecule has 2 rings (SSSR count). The van der Waals surface area contributed by atoms with E-state index in [0.717, 1.165) is 0 Å². The summed E-state index contributed by atoms with van der Waals surface area (Å²) >= 11 is 0. The van der Waals surface area contributed by atoms with E-state index >= 15 is 0 Å². The zero-order valence-corrected chi connectivity index (χ0v) is 13.2. The Hall–Kier alpha value is -1.30. The Labute approximate surface area is 125 Å². The zero-order chi connectivity index (χ0) is 16.1. The maximum atomic E-state index is 12.1. The lowest BCUT2D eigenvalue weighted by molar-refractivity contribution is -0.163. The fourth-order valence-corrected chi connectivity index (χ4v) is 3.45. The molecule has 3 unspecified atom stereocenters. The molecule has 0 aromatic rings. The summed E-state index contributed by atoms with van der Waals surface area (Å²) in [7, 11) is 0. The number of carbonyl (C=O) groups is 2. The van der Waals surface area contributed by atoms with Crippen LogP contribution >= 0.6 is 0 Å². The van der Waals surface area contributed by atoms with Crippen LogP contribution in [0.3, 0.4) is 0 Å². The van der Waals surface area contributed by atoms with E-state index in [0.29, 0.717) is 25.8 Å². The molecule has 6 nitrogen and oxygen atoms in total. The number of aliphatic carboxylic acids is 1. The first-order chi connectivity index (χ1) is 9.52. The summed E-state index contributed by atoms with van der Waals surface area (Å²) in [6, 6.07) is 0. The van der Waals surface area contributed by atoms with Crippen molar-refractivity contribution in [3.63, 3.8) is 0 Å². The molecule has 1 aliphatic heterocycles. The van der Waals surface area contributed by atoms with Gasteiger partial charge in [0.25, 0.3) is 0 Å². The maximum Gasteiger partial charge on any atom is 0.410 e. The Morgan fingerprint density at radius 3 is 2.33 bits per heavy atom. The van der Waals surface area contributed by atoms with Crippen molar-refractivity contribution < 1.29 is 24.5 Å². The summed E-state index contributed by atoms with van der Waals surface area (Å²) in [5, 5.41) is 20.4. The van der Waals surface area contributed by atoms with Gasteiger partial charge in [-0.1, -0.05) is 6.92 Å². The minimum absolute atomic E-state index is 0.0263. The van der Waals surface area contributed by atoms with Crippen molar-refractivity contribution in [1.29, 1.82) is 0 Å². The highest BCUT2D eigenvalue weighted by atomic mass is 16.6. The van der Waals surface area contributed by atoms with E-state index in [1.807, 2.05) is 6.92 Å². The molecule has 1 saturated heterocycles. The molecule has 6 heteroatoms. The Balaban J connectivity index is 2.14. The number of carboxylic acids is 1.